The van der Waals surface area contributed by atoms with Gasteiger partial charge in [0.15, 0.2) is 11.4 Å². The van der Waals surface area contributed by atoms with Crippen LogP contribution in [0.3, 0.4) is 0 Å². The largest absolute Gasteiger partial charge is 0.508 e. The standard InChI is InChI=1S/C27H34F3N3O4Si.C21H24F3N3O2Si.C6H12O3/c1-26(2,25(34)35-3)17-37-21-10-7-19(8-11-21)22-12-9-20(15-31-22)24-32-23(27(28,29)30)16-33(24)18-36-13-14-38(4,5)6;1-30(2,3)11-10-29-14-27-13-19(21(22,23)24)26-20(27)16-6-9-18(25-12-16)15-4-7-17(28)8-5-15;1-6(2,4-7)5(8)9-3/h7-12,15-16H,13-14,17-18H2,1-6H3;4-9,12-13,28H,10-11,14H2,1-3H3;7H,4H2,1-3H3. The quantitative estimate of drug-likeness (QED) is 0.0319. The van der Waals surface area contributed by atoms with Crippen molar-refractivity contribution in [1.29, 1.82) is 0 Å². The van der Waals surface area contributed by atoms with Gasteiger partial charge in [-0.25, -0.2) is 9.97 Å². The zero-order chi connectivity index (χ0) is 57.6. The molecule has 6 rings (SSSR count). The molecule has 23 heteroatoms. The summed E-state index contributed by atoms with van der Waals surface area (Å²) < 4.78 is 109. The number of methoxy groups -OCH3 is 2. The normalized spacial score (nSPS) is 12.2. The number of hydrogen-bond acceptors (Lipinski definition) is 13. The SMILES string of the molecule is COC(=O)C(C)(C)CO.COC(=O)C(C)(C)COc1ccc(-c2ccc(-c3nc(C(F)(F)F)cn3COCC[Si](C)(C)C)cn2)cc1.C[Si](C)(C)CCOCn1cc(C(F)(F)F)nc1-c1ccc(-c2ccc(O)cc2)nc1. The Bertz CT molecular complexity index is 2810. The number of aliphatic hydroxyl groups excluding tert-OH is 1. The zero-order valence-electron chi connectivity index (χ0n) is 45.6. The third-order valence-electron chi connectivity index (χ3n) is 11.4. The molecule has 2 aromatic carbocycles. The van der Waals surface area contributed by atoms with Gasteiger partial charge >= 0.3 is 24.3 Å². The lowest BCUT2D eigenvalue weighted by Crippen LogP contribution is -2.32. The van der Waals surface area contributed by atoms with Crippen molar-refractivity contribution in [2.24, 2.45) is 10.8 Å². The van der Waals surface area contributed by atoms with Crippen molar-refractivity contribution >= 4 is 28.1 Å². The van der Waals surface area contributed by atoms with Crippen molar-refractivity contribution in [2.75, 3.05) is 40.6 Å². The number of nitrogens with zero attached hydrogens (tertiary/aromatic N) is 6. The summed E-state index contributed by atoms with van der Waals surface area (Å²) in [6, 6.07) is 22.3. The Morgan fingerprint density at radius 3 is 1.27 bits per heavy atom. The number of halogens is 6. The number of aliphatic hydroxyl groups is 1. The van der Waals surface area contributed by atoms with Gasteiger partial charge in [0.25, 0.3) is 0 Å². The Kier molecular flexibility index (Phi) is 21.9. The van der Waals surface area contributed by atoms with Crippen LogP contribution in [-0.4, -0.2) is 108 Å². The third-order valence-corrected chi connectivity index (χ3v) is 14.8. The Labute approximate surface area is 447 Å². The molecule has 0 radical (unpaired) electrons. The number of hydrogen-bond donors (Lipinski definition) is 2. The number of carbonyl (C=O) groups is 2. The Morgan fingerprint density at radius 1 is 0.571 bits per heavy atom. The van der Waals surface area contributed by atoms with Crippen molar-refractivity contribution in [3.8, 4) is 56.8 Å². The van der Waals surface area contributed by atoms with E-state index in [2.05, 4.69) is 64.0 Å². The van der Waals surface area contributed by atoms with Crippen LogP contribution in [0.1, 0.15) is 39.1 Å². The molecule has 6 aromatic rings. The Balaban J connectivity index is 0.000000292. The molecule has 0 amide bonds. The van der Waals surface area contributed by atoms with Crippen molar-refractivity contribution < 1.29 is 69.8 Å². The molecule has 77 heavy (non-hydrogen) atoms. The summed E-state index contributed by atoms with van der Waals surface area (Å²) in [5.74, 6) is 0.273. The molecule has 0 aliphatic heterocycles. The molecule has 0 saturated carbocycles. The lowest BCUT2D eigenvalue weighted by atomic mass is 9.95. The summed E-state index contributed by atoms with van der Waals surface area (Å²) in [6.45, 7) is 20.9. The van der Waals surface area contributed by atoms with E-state index in [9.17, 15) is 41.0 Å². The highest BCUT2D eigenvalue weighted by Crippen LogP contribution is 2.34. The first kappa shape index (κ1) is 63.1. The second-order valence-corrected chi connectivity index (χ2v) is 32.9. The van der Waals surface area contributed by atoms with Crippen LogP contribution >= 0.6 is 0 Å². The van der Waals surface area contributed by atoms with Gasteiger partial charge < -0.3 is 43.0 Å². The van der Waals surface area contributed by atoms with Crippen LogP contribution in [0.4, 0.5) is 26.3 Å². The fourth-order valence-electron chi connectivity index (χ4n) is 6.53. The van der Waals surface area contributed by atoms with E-state index in [-0.39, 0.29) is 56.0 Å². The minimum absolute atomic E-state index is 0.0113. The smallest absolute Gasteiger partial charge is 0.434 e. The van der Waals surface area contributed by atoms with Gasteiger partial charge in [-0.2, -0.15) is 26.3 Å². The molecule has 0 atom stereocenters. The number of imidazole rings is 2. The molecule has 0 bridgehead atoms. The lowest BCUT2D eigenvalue weighted by Gasteiger charge is -2.21. The van der Waals surface area contributed by atoms with Crippen LogP contribution in [0.5, 0.6) is 11.5 Å². The number of carbonyl (C=O) groups excluding carboxylic acids is 2. The van der Waals surface area contributed by atoms with Crippen molar-refractivity contribution in [2.45, 2.75) is 105 Å². The molecular formula is C54H70F6N6O9Si2. The molecule has 0 aliphatic carbocycles. The monoisotopic (exact) mass is 1120 g/mol. The number of aromatic hydroxyl groups is 1. The van der Waals surface area contributed by atoms with Gasteiger partial charge in [-0.05, 0) is 113 Å². The molecule has 420 valence electrons. The van der Waals surface area contributed by atoms with E-state index in [1.165, 1.54) is 35.7 Å². The maximum atomic E-state index is 13.4. The minimum atomic E-state index is -4.57. The topological polar surface area (TPSA) is 182 Å². The summed E-state index contributed by atoms with van der Waals surface area (Å²) in [6.07, 6.45) is -4.18. The zero-order valence-corrected chi connectivity index (χ0v) is 47.6. The van der Waals surface area contributed by atoms with E-state index in [4.69, 9.17) is 24.1 Å². The maximum absolute atomic E-state index is 13.4. The summed E-state index contributed by atoms with van der Waals surface area (Å²) in [5.41, 5.74) is 0.278. The average Bonchev–Trinajstić information content (AvgIpc) is 4.02. The maximum Gasteiger partial charge on any atom is 0.434 e. The van der Waals surface area contributed by atoms with Gasteiger partial charge in [-0.15, -0.1) is 0 Å². The van der Waals surface area contributed by atoms with Gasteiger partial charge in [-0.1, -0.05) is 39.3 Å². The van der Waals surface area contributed by atoms with Crippen LogP contribution in [0.2, 0.25) is 51.4 Å². The van der Waals surface area contributed by atoms with Crippen LogP contribution in [-0.2, 0) is 54.4 Å². The highest BCUT2D eigenvalue weighted by atomic mass is 28.3. The first-order valence-electron chi connectivity index (χ1n) is 24.4. The van der Waals surface area contributed by atoms with Crippen LogP contribution in [0, 0.1) is 10.8 Å². The van der Waals surface area contributed by atoms with E-state index in [0.717, 1.165) is 35.6 Å². The van der Waals surface area contributed by atoms with Gasteiger partial charge in [-0.3, -0.25) is 19.6 Å². The van der Waals surface area contributed by atoms with Crippen molar-refractivity contribution in [3.63, 3.8) is 0 Å². The fourth-order valence-corrected chi connectivity index (χ4v) is 8.05. The number of esters is 2. The highest BCUT2D eigenvalue weighted by Gasteiger charge is 2.36. The second kappa shape index (κ2) is 26.8. The molecule has 15 nitrogen and oxygen atoms in total. The Hall–Kier alpha value is -6.41. The molecule has 4 heterocycles. The van der Waals surface area contributed by atoms with E-state index in [0.29, 0.717) is 41.5 Å². The molecule has 4 aromatic heterocycles. The highest BCUT2D eigenvalue weighted by molar-refractivity contribution is 6.76. The lowest BCUT2D eigenvalue weighted by molar-refractivity contribution is -0.153. The molecule has 0 saturated heterocycles. The number of alkyl halides is 6. The minimum Gasteiger partial charge on any atom is -0.508 e. The first-order chi connectivity index (χ1) is 35.8. The molecule has 0 fully saturated rings. The number of pyridine rings is 2. The summed E-state index contributed by atoms with van der Waals surface area (Å²) in [7, 11) is 0.0205. The van der Waals surface area contributed by atoms with Crippen LogP contribution in [0.25, 0.3) is 45.3 Å². The van der Waals surface area contributed by atoms with Gasteiger partial charge in [0, 0.05) is 76.4 Å². The predicted molar refractivity (Wildman–Crippen MR) is 286 cm³/mol. The summed E-state index contributed by atoms with van der Waals surface area (Å²) in [5, 5.41) is 18.0. The van der Waals surface area contributed by atoms with E-state index in [1.807, 2.05) is 12.1 Å². The number of aromatic nitrogens is 6. The number of rotatable bonds is 20. The van der Waals surface area contributed by atoms with E-state index < -0.39 is 50.7 Å². The molecule has 0 unspecified atom stereocenters. The van der Waals surface area contributed by atoms with Gasteiger partial charge in [0.2, 0.25) is 0 Å². The van der Waals surface area contributed by atoms with Crippen LogP contribution < -0.4 is 4.74 Å². The van der Waals surface area contributed by atoms with Crippen LogP contribution in [0.15, 0.2) is 97.6 Å². The molecule has 0 spiro atoms. The number of benzene rings is 2. The molecular weight excluding hydrogens is 1050 g/mol. The van der Waals surface area contributed by atoms with Gasteiger partial charge in [0.1, 0.15) is 43.2 Å². The third kappa shape index (κ3) is 19.8. The second-order valence-electron chi connectivity index (χ2n) is 21.7. The summed E-state index contributed by atoms with van der Waals surface area (Å²) in [4.78, 5) is 38.9. The van der Waals surface area contributed by atoms with E-state index in [1.54, 1.807) is 88.4 Å². The first-order valence-corrected chi connectivity index (χ1v) is 31.9. The number of phenolic OH excluding ortho intramolecular Hbond substituents is 1. The number of phenols is 1. The molecule has 0 aliphatic rings. The predicted octanol–water partition coefficient (Wildman–Crippen LogP) is 12.3. The number of ether oxygens (including phenoxy) is 5. The van der Waals surface area contributed by atoms with Gasteiger partial charge in [0.05, 0.1) is 43.0 Å². The van der Waals surface area contributed by atoms with E-state index >= 15 is 0 Å². The molecule has 2 N–H and O–H groups in total. The fraction of sp³-hybridized carbons (Fsp3) is 0.444. The average molecular weight is 1120 g/mol. The Morgan fingerprint density at radius 2 is 0.948 bits per heavy atom. The van der Waals surface area contributed by atoms with Crippen molar-refractivity contribution in [1.82, 2.24) is 29.1 Å². The van der Waals surface area contributed by atoms with Crippen molar-refractivity contribution in [3.05, 3.63) is 109 Å². The summed E-state index contributed by atoms with van der Waals surface area (Å²) >= 11 is 0.